The number of hydrogen-bond donors (Lipinski definition) is 2. The summed E-state index contributed by atoms with van der Waals surface area (Å²) in [5, 5.41) is 9.39. The van der Waals surface area contributed by atoms with E-state index in [0.29, 0.717) is 5.75 Å². The molecule has 3 N–H and O–H groups in total. The first-order valence-electron chi connectivity index (χ1n) is 6.41. The fourth-order valence-electron chi connectivity index (χ4n) is 2.80. The molecule has 1 aliphatic rings. The zero-order valence-corrected chi connectivity index (χ0v) is 12.5. The van der Waals surface area contributed by atoms with Gasteiger partial charge in [-0.3, -0.25) is 4.79 Å². The van der Waals surface area contributed by atoms with E-state index in [2.05, 4.69) is 15.9 Å². The summed E-state index contributed by atoms with van der Waals surface area (Å²) in [5.41, 5.74) is 8.74. The first-order chi connectivity index (χ1) is 9.10. The number of carboxylic acid groups (broad SMARTS) is 1. The standard InChI is InChI=1S/C14H18BrNO3/c1-19-13-11(15)6-8-4-2-3-5-9(8)12(13)10(7-16)14(17)18/h6,10H,2-5,7,16H2,1H3,(H,17,18). The molecule has 0 saturated carbocycles. The van der Waals surface area contributed by atoms with Gasteiger partial charge in [0.15, 0.2) is 0 Å². The Bertz CT molecular complexity index is 502. The van der Waals surface area contributed by atoms with Crippen molar-refractivity contribution in [1.82, 2.24) is 0 Å². The molecule has 1 aromatic rings. The fourth-order valence-corrected chi connectivity index (χ4v) is 3.45. The topological polar surface area (TPSA) is 72.5 Å². The number of carboxylic acids is 1. The SMILES string of the molecule is COc1c(Br)cc2c(c1C(CN)C(=O)O)CCCC2. The Morgan fingerprint density at radius 3 is 2.79 bits per heavy atom. The summed E-state index contributed by atoms with van der Waals surface area (Å²) in [6.45, 7) is 0.0780. The van der Waals surface area contributed by atoms with Gasteiger partial charge in [-0.25, -0.2) is 0 Å². The number of aryl methyl sites for hydroxylation is 1. The lowest BCUT2D eigenvalue weighted by molar-refractivity contribution is -0.138. The number of nitrogens with two attached hydrogens (primary N) is 1. The van der Waals surface area contributed by atoms with E-state index in [1.165, 1.54) is 5.56 Å². The van der Waals surface area contributed by atoms with Gasteiger partial charge in [-0.05, 0) is 58.8 Å². The van der Waals surface area contributed by atoms with E-state index >= 15 is 0 Å². The van der Waals surface area contributed by atoms with Crippen molar-refractivity contribution in [2.75, 3.05) is 13.7 Å². The third-order valence-electron chi connectivity index (χ3n) is 3.68. The second-order valence-electron chi connectivity index (χ2n) is 4.78. The molecule has 104 valence electrons. The van der Waals surface area contributed by atoms with E-state index in [1.807, 2.05) is 6.07 Å². The molecule has 0 spiro atoms. The first kappa shape index (κ1) is 14.3. The van der Waals surface area contributed by atoms with Gasteiger partial charge in [0.05, 0.1) is 17.5 Å². The summed E-state index contributed by atoms with van der Waals surface area (Å²) < 4.78 is 6.22. The molecule has 1 aromatic carbocycles. The minimum absolute atomic E-state index is 0.0780. The van der Waals surface area contributed by atoms with Crippen molar-refractivity contribution >= 4 is 21.9 Å². The fraction of sp³-hybridized carbons (Fsp3) is 0.500. The third-order valence-corrected chi connectivity index (χ3v) is 4.27. The molecule has 2 rings (SSSR count). The molecular formula is C14H18BrNO3. The number of ether oxygens (including phenoxy) is 1. The second kappa shape index (κ2) is 5.92. The molecule has 19 heavy (non-hydrogen) atoms. The zero-order chi connectivity index (χ0) is 14.0. The Labute approximate surface area is 121 Å². The van der Waals surface area contributed by atoms with Gasteiger partial charge in [0.25, 0.3) is 0 Å². The van der Waals surface area contributed by atoms with E-state index in [0.717, 1.165) is 41.3 Å². The van der Waals surface area contributed by atoms with Crippen LogP contribution in [-0.4, -0.2) is 24.7 Å². The maximum atomic E-state index is 11.4. The van der Waals surface area contributed by atoms with Crippen LogP contribution in [0.4, 0.5) is 0 Å². The first-order valence-corrected chi connectivity index (χ1v) is 7.20. The van der Waals surface area contributed by atoms with Gasteiger partial charge in [-0.2, -0.15) is 0 Å². The van der Waals surface area contributed by atoms with Crippen molar-refractivity contribution in [3.05, 3.63) is 27.2 Å². The van der Waals surface area contributed by atoms with Gasteiger partial charge in [0, 0.05) is 12.1 Å². The molecule has 5 heteroatoms. The highest BCUT2D eigenvalue weighted by Gasteiger charge is 2.29. The molecule has 0 radical (unpaired) electrons. The number of aliphatic carboxylic acids is 1. The molecule has 0 aromatic heterocycles. The highest BCUT2D eigenvalue weighted by atomic mass is 79.9. The lowest BCUT2D eigenvalue weighted by atomic mass is 9.83. The van der Waals surface area contributed by atoms with E-state index in [1.54, 1.807) is 7.11 Å². The molecule has 0 bridgehead atoms. The number of benzene rings is 1. The Hall–Kier alpha value is -1.07. The molecule has 1 unspecified atom stereocenters. The number of fused-ring (bicyclic) bond motifs is 1. The smallest absolute Gasteiger partial charge is 0.312 e. The van der Waals surface area contributed by atoms with Crippen LogP contribution in [0.15, 0.2) is 10.5 Å². The Morgan fingerprint density at radius 2 is 2.21 bits per heavy atom. The van der Waals surface area contributed by atoms with Crippen LogP contribution in [0.1, 0.15) is 35.4 Å². The molecule has 0 saturated heterocycles. The molecule has 0 fully saturated rings. The minimum atomic E-state index is -0.897. The molecule has 4 nitrogen and oxygen atoms in total. The molecule has 0 heterocycles. The van der Waals surface area contributed by atoms with Crippen LogP contribution >= 0.6 is 15.9 Å². The van der Waals surface area contributed by atoms with E-state index in [4.69, 9.17) is 10.5 Å². The molecule has 1 atom stereocenters. The summed E-state index contributed by atoms with van der Waals surface area (Å²) in [6, 6.07) is 2.05. The van der Waals surface area contributed by atoms with E-state index in [9.17, 15) is 9.90 Å². The van der Waals surface area contributed by atoms with Crippen LogP contribution in [0, 0.1) is 0 Å². The van der Waals surface area contributed by atoms with Crippen LogP contribution < -0.4 is 10.5 Å². The van der Waals surface area contributed by atoms with Gasteiger partial charge in [0.1, 0.15) is 5.75 Å². The highest BCUT2D eigenvalue weighted by molar-refractivity contribution is 9.10. The number of hydrogen-bond acceptors (Lipinski definition) is 3. The van der Waals surface area contributed by atoms with Gasteiger partial charge in [0.2, 0.25) is 0 Å². The minimum Gasteiger partial charge on any atom is -0.495 e. The monoisotopic (exact) mass is 327 g/mol. The predicted molar refractivity (Wildman–Crippen MR) is 76.8 cm³/mol. The maximum absolute atomic E-state index is 11.4. The zero-order valence-electron chi connectivity index (χ0n) is 10.9. The summed E-state index contributed by atoms with van der Waals surface area (Å²) >= 11 is 3.47. The van der Waals surface area contributed by atoms with Crippen LogP contribution in [0.2, 0.25) is 0 Å². The van der Waals surface area contributed by atoms with Crippen molar-refractivity contribution < 1.29 is 14.6 Å². The van der Waals surface area contributed by atoms with Crippen molar-refractivity contribution in [2.45, 2.75) is 31.6 Å². The van der Waals surface area contributed by atoms with Crippen molar-refractivity contribution in [1.29, 1.82) is 0 Å². The molecule has 0 amide bonds. The summed E-state index contributed by atoms with van der Waals surface area (Å²) in [7, 11) is 1.56. The van der Waals surface area contributed by atoms with Crippen LogP contribution in [0.5, 0.6) is 5.75 Å². The summed E-state index contributed by atoms with van der Waals surface area (Å²) in [6.07, 6.45) is 4.12. The van der Waals surface area contributed by atoms with Crippen LogP contribution in [0.25, 0.3) is 0 Å². The van der Waals surface area contributed by atoms with Crippen LogP contribution in [0.3, 0.4) is 0 Å². The van der Waals surface area contributed by atoms with E-state index < -0.39 is 11.9 Å². The predicted octanol–water partition coefficient (Wildman–Crippen LogP) is 2.46. The van der Waals surface area contributed by atoms with Crippen LogP contribution in [-0.2, 0) is 17.6 Å². The molecule has 0 aliphatic heterocycles. The number of carbonyl (C=O) groups is 1. The summed E-state index contributed by atoms with van der Waals surface area (Å²) in [4.78, 5) is 11.4. The largest absolute Gasteiger partial charge is 0.495 e. The Morgan fingerprint density at radius 1 is 1.53 bits per heavy atom. The van der Waals surface area contributed by atoms with Crippen molar-refractivity contribution in [3.8, 4) is 5.75 Å². The highest BCUT2D eigenvalue weighted by Crippen LogP contribution is 2.41. The van der Waals surface area contributed by atoms with E-state index in [-0.39, 0.29) is 6.54 Å². The number of rotatable bonds is 4. The number of methoxy groups -OCH3 is 1. The third kappa shape index (κ3) is 2.62. The Kier molecular flexibility index (Phi) is 4.47. The van der Waals surface area contributed by atoms with Crippen molar-refractivity contribution in [3.63, 3.8) is 0 Å². The van der Waals surface area contributed by atoms with Gasteiger partial charge in [-0.15, -0.1) is 0 Å². The van der Waals surface area contributed by atoms with Crippen molar-refractivity contribution in [2.24, 2.45) is 5.73 Å². The molecule has 1 aliphatic carbocycles. The summed E-state index contributed by atoms with van der Waals surface area (Å²) in [5.74, 6) is -0.996. The second-order valence-corrected chi connectivity index (χ2v) is 5.63. The quantitative estimate of drug-likeness (QED) is 0.891. The normalized spacial score (nSPS) is 15.7. The van der Waals surface area contributed by atoms with Gasteiger partial charge in [-0.1, -0.05) is 0 Å². The maximum Gasteiger partial charge on any atom is 0.312 e. The average Bonchev–Trinajstić information content (AvgIpc) is 2.39. The molecular weight excluding hydrogens is 310 g/mol. The Balaban J connectivity index is 2.66. The van der Waals surface area contributed by atoms with Gasteiger partial charge < -0.3 is 15.6 Å². The average molecular weight is 328 g/mol. The number of halogens is 1. The lowest BCUT2D eigenvalue weighted by Gasteiger charge is -2.25. The van der Waals surface area contributed by atoms with Gasteiger partial charge >= 0.3 is 5.97 Å². The lowest BCUT2D eigenvalue weighted by Crippen LogP contribution is -2.24.